The number of aryl methyl sites for hydroxylation is 2. The average molecular weight is 244 g/mol. The zero-order valence-electron chi connectivity index (χ0n) is 11.2. The summed E-state index contributed by atoms with van der Waals surface area (Å²) in [6.45, 7) is 5.21. The van der Waals surface area contributed by atoms with Gasteiger partial charge in [-0.3, -0.25) is 9.67 Å². The molecule has 0 radical (unpaired) electrons. The fourth-order valence-corrected chi connectivity index (χ4v) is 2.19. The van der Waals surface area contributed by atoms with Gasteiger partial charge in [-0.1, -0.05) is 6.92 Å². The van der Waals surface area contributed by atoms with Gasteiger partial charge in [0.15, 0.2) is 0 Å². The summed E-state index contributed by atoms with van der Waals surface area (Å²) in [5.74, 6) is 0. The van der Waals surface area contributed by atoms with Gasteiger partial charge in [0.2, 0.25) is 0 Å². The van der Waals surface area contributed by atoms with Crippen molar-refractivity contribution in [3.63, 3.8) is 0 Å². The van der Waals surface area contributed by atoms with Crippen molar-refractivity contribution in [2.45, 2.75) is 32.9 Å². The van der Waals surface area contributed by atoms with Crippen molar-refractivity contribution in [2.75, 3.05) is 7.05 Å². The lowest BCUT2D eigenvalue weighted by Crippen LogP contribution is -2.18. The van der Waals surface area contributed by atoms with Crippen molar-refractivity contribution in [2.24, 2.45) is 0 Å². The summed E-state index contributed by atoms with van der Waals surface area (Å²) in [5, 5.41) is 7.74. The molecule has 2 aromatic rings. The number of hydrogen-bond acceptors (Lipinski definition) is 3. The zero-order chi connectivity index (χ0) is 13.0. The van der Waals surface area contributed by atoms with Crippen LogP contribution in [0.25, 0.3) is 0 Å². The molecule has 2 heterocycles. The summed E-state index contributed by atoms with van der Waals surface area (Å²) < 4.78 is 2.00. The maximum Gasteiger partial charge on any atom is 0.0609 e. The summed E-state index contributed by atoms with van der Waals surface area (Å²) in [7, 11) is 1.97. The van der Waals surface area contributed by atoms with Crippen LogP contribution in [0.3, 0.4) is 0 Å². The van der Waals surface area contributed by atoms with Crippen LogP contribution in [0.2, 0.25) is 0 Å². The lowest BCUT2D eigenvalue weighted by Gasteiger charge is -2.16. The lowest BCUT2D eigenvalue weighted by molar-refractivity contribution is 0.600. The second-order valence-electron chi connectivity index (χ2n) is 4.49. The van der Waals surface area contributed by atoms with Gasteiger partial charge < -0.3 is 5.32 Å². The van der Waals surface area contributed by atoms with Crippen molar-refractivity contribution in [3.05, 3.63) is 47.5 Å². The Morgan fingerprint density at radius 2 is 2.22 bits per heavy atom. The molecule has 0 bridgehead atoms. The van der Waals surface area contributed by atoms with E-state index in [1.54, 1.807) is 0 Å². The van der Waals surface area contributed by atoms with Gasteiger partial charge in [-0.2, -0.15) is 5.10 Å². The molecule has 18 heavy (non-hydrogen) atoms. The minimum Gasteiger partial charge on any atom is -0.309 e. The third kappa shape index (κ3) is 2.59. The van der Waals surface area contributed by atoms with E-state index in [0.717, 1.165) is 13.0 Å². The van der Waals surface area contributed by atoms with E-state index in [-0.39, 0.29) is 6.04 Å². The Balaban J connectivity index is 2.30. The fraction of sp³-hybridized carbons (Fsp3) is 0.429. The lowest BCUT2D eigenvalue weighted by atomic mass is 9.99. The highest BCUT2D eigenvalue weighted by atomic mass is 15.3. The molecule has 0 aliphatic heterocycles. The quantitative estimate of drug-likeness (QED) is 0.877. The molecular formula is C14H20N4. The van der Waals surface area contributed by atoms with Gasteiger partial charge in [0.1, 0.15) is 0 Å². The molecule has 2 rings (SSSR count). The molecule has 4 nitrogen and oxygen atoms in total. The first-order chi connectivity index (χ1) is 8.76. The van der Waals surface area contributed by atoms with E-state index in [1.807, 2.05) is 30.3 Å². The second kappa shape index (κ2) is 5.78. The Labute approximate surface area is 108 Å². The number of nitrogens with one attached hydrogen (secondary N) is 1. The Kier molecular flexibility index (Phi) is 4.10. The van der Waals surface area contributed by atoms with Gasteiger partial charge in [0, 0.05) is 30.7 Å². The van der Waals surface area contributed by atoms with E-state index in [2.05, 4.69) is 41.5 Å². The molecular weight excluding hydrogens is 224 g/mol. The Bertz CT molecular complexity index is 504. The molecule has 0 fully saturated rings. The van der Waals surface area contributed by atoms with Crippen molar-refractivity contribution in [3.8, 4) is 0 Å². The summed E-state index contributed by atoms with van der Waals surface area (Å²) in [6.07, 6.45) is 8.89. The number of rotatable bonds is 5. The van der Waals surface area contributed by atoms with Gasteiger partial charge in [-0.25, -0.2) is 0 Å². The molecule has 0 spiro atoms. The highest BCUT2D eigenvalue weighted by Gasteiger charge is 2.15. The maximum absolute atomic E-state index is 4.39. The van der Waals surface area contributed by atoms with Crippen LogP contribution in [-0.4, -0.2) is 21.8 Å². The first kappa shape index (κ1) is 12.8. The number of aromatic nitrogens is 3. The van der Waals surface area contributed by atoms with E-state index >= 15 is 0 Å². The van der Waals surface area contributed by atoms with Crippen LogP contribution in [0.15, 0.2) is 30.9 Å². The summed E-state index contributed by atoms with van der Waals surface area (Å²) in [4.78, 5) is 4.14. The smallest absolute Gasteiger partial charge is 0.0609 e. The SMILES string of the molecule is CCCn1cc(C(NC)c2ccncc2C)cn1. The summed E-state index contributed by atoms with van der Waals surface area (Å²) >= 11 is 0. The van der Waals surface area contributed by atoms with Crippen LogP contribution in [0, 0.1) is 6.92 Å². The maximum atomic E-state index is 4.39. The van der Waals surface area contributed by atoms with Crippen LogP contribution in [0.1, 0.15) is 36.1 Å². The first-order valence-corrected chi connectivity index (χ1v) is 6.36. The van der Waals surface area contributed by atoms with Crippen LogP contribution >= 0.6 is 0 Å². The normalized spacial score (nSPS) is 12.6. The molecule has 0 saturated carbocycles. The minimum atomic E-state index is 0.179. The third-order valence-corrected chi connectivity index (χ3v) is 3.10. The molecule has 0 aromatic carbocycles. The van der Waals surface area contributed by atoms with Crippen LogP contribution in [-0.2, 0) is 6.54 Å². The van der Waals surface area contributed by atoms with Gasteiger partial charge in [0.05, 0.1) is 12.2 Å². The monoisotopic (exact) mass is 244 g/mol. The minimum absolute atomic E-state index is 0.179. The number of nitrogens with zero attached hydrogens (tertiary/aromatic N) is 3. The predicted octanol–water partition coefficient (Wildman–Crippen LogP) is 2.31. The molecule has 2 aromatic heterocycles. The molecule has 1 atom stereocenters. The molecule has 0 amide bonds. The van der Waals surface area contributed by atoms with Crippen molar-refractivity contribution in [1.29, 1.82) is 0 Å². The van der Waals surface area contributed by atoms with Crippen LogP contribution in [0.4, 0.5) is 0 Å². The largest absolute Gasteiger partial charge is 0.309 e. The fourth-order valence-electron chi connectivity index (χ4n) is 2.19. The van der Waals surface area contributed by atoms with Gasteiger partial charge in [-0.05, 0) is 37.6 Å². The zero-order valence-corrected chi connectivity index (χ0v) is 11.2. The standard InChI is InChI=1S/C14H20N4/c1-4-7-18-10-12(9-17-18)14(15-3)13-5-6-16-8-11(13)2/h5-6,8-10,14-15H,4,7H2,1-3H3. The van der Waals surface area contributed by atoms with E-state index < -0.39 is 0 Å². The molecule has 0 aliphatic carbocycles. The summed E-state index contributed by atoms with van der Waals surface area (Å²) in [6, 6.07) is 2.24. The van der Waals surface area contributed by atoms with E-state index in [0.29, 0.717) is 0 Å². The Morgan fingerprint density at radius 3 is 2.89 bits per heavy atom. The van der Waals surface area contributed by atoms with Gasteiger partial charge in [-0.15, -0.1) is 0 Å². The van der Waals surface area contributed by atoms with E-state index in [4.69, 9.17) is 0 Å². The van der Waals surface area contributed by atoms with Gasteiger partial charge >= 0.3 is 0 Å². The molecule has 1 unspecified atom stereocenters. The van der Waals surface area contributed by atoms with Crippen LogP contribution in [0.5, 0.6) is 0 Å². The molecule has 96 valence electrons. The van der Waals surface area contributed by atoms with E-state index in [1.165, 1.54) is 16.7 Å². The highest BCUT2D eigenvalue weighted by Crippen LogP contribution is 2.23. The predicted molar refractivity (Wildman–Crippen MR) is 72.4 cm³/mol. The topological polar surface area (TPSA) is 42.7 Å². The second-order valence-corrected chi connectivity index (χ2v) is 4.49. The Morgan fingerprint density at radius 1 is 1.39 bits per heavy atom. The van der Waals surface area contributed by atoms with E-state index in [9.17, 15) is 0 Å². The van der Waals surface area contributed by atoms with Crippen molar-refractivity contribution >= 4 is 0 Å². The summed E-state index contributed by atoms with van der Waals surface area (Å²) in [5.41, 5.74) is 3.64. The molecule has 0 saturated heterocycles. The average Bonchev–Trinajstić information content (AvgIpc) is 2.82. The van der Waals surface area contributed by atoms with Crippen molar-refractivity contribution in [1.82, 2.24) is 20.1 Å². The van der Waals surface area contributed by atoms with Crippen molar-refractivity contribution < 1.29 is 0 Å². The third-order valence-electron chi connectivity index (χ3n) is 3.10. The number of pyridine rings is 1. The number of hydrogen-bond donors (Lipinski definition) is 1. The first-order valence-electron chi connectivity index (χ1n) is 6.36. The molecule has 0 aliphatic rings. The van der Waals surface area contributed by atoms with Gasteiger partial charge in [0.25, 0.3) is 0 Å². The van der Waals surface area contributed by atoms with Crippen LogP contribution < -0.4 is 5.32 Å². The molecule has 1 N–H and O–H groups in total. The molecule has 4 heteroatoms. The highest BCUT2D eigenvalue weighted by molar-refractivity contribution is 5.33. The Hall–Kier alpha value is -1.68.